The smallest absolute Gasteiger partial charge is 0.336 e. The Hall–Kier alpha value is -3.48. The second-order valence-corrected chi connectivity index (χ2v) is 8.46. The lowest BCUT2D eigenvalue weighted by Gasteiger charge is -2.34. The van der Waals surface area contributed by atoms with E-state index >= 15 is 0 Å². The quantitative estimate of drug-likeness (QED) is 0.646. The first-order valence-electron chi connectivity index (χ1n) is 11.2. The van der Waals surface area contributed by atoms with Gasteiger partial charge in [-0.25, -0.2) is 9.18 Å². The standard InChI is InChI=1S/C26H27FN2O4/c1-3-33-26(32)24-16(2)29(23(30)14-22(24)18-7-5-9-20(27)13-18)15-17-6-4-8-19(12-17)25(31)28-21-10-11-21/h4-9,12-13,21-22H,3,10-11,14-15H2,1-2H3,(H,28,31). The highest BCUT2D eigenvalue weighted by molar-refractivity contribution is 5.96. The first kappa shape index (κ1) is 22.7. The van der Waals surface area contributed by atoms with Crippen LogP contribution in [0.5, 0.6) is 0 Å². The molecule has 1 saturated carbocycles. The second-order valence-electron chi connectivity index (χ2n) is 8.46. The summed E-state index contributed by atoms with van der Waals surface area (Å²) in [5.41, 5.74) is 2.70. The van der Waals surface area contributed by atoms with Crippen LogP contribution >= 0.6 is 0 Å². The van der Waals surface area contributed by atoms with Crippen LogP contribution in [0, 0.1) is 5.82 Å². The van der Waals surface area contributed by atoms with Gasteiger partial charge in [0.2, 0.25) is 5.91 Å². The Morgan fingerprint density at radius 2 is 1.91 bits per heavy atom. The van der Waals surface area contributed by atoms with Gasteiger partial charge in [0.25, 0.3) is 5.91 Å². The highest BCUT2D eigenvalue weighted by Gasteiger charge is 2.37. The minimum absolute atomic E-state index is 0.0246. The molecule has 2 aromatic rings. The van der Waals surface area contributed by atoms with Crippen LogP contribution in [-0.2, 0) is 20.9 Å². The molecule has 6 nitrogen and oxygen atoms in total. The summed E-state index contributed by atoms with van der Waals surface area (Å²) in [4.78, 5) is 40.0. The fraction of sp³-hybridized carbons (Fsp3) is 0.346. The zero-order valence-corrected chi connectivity index (χ0v) is 18.8. The van der Waals surface area contributed by atoms with E-state index in [1.807, 2.05) is 6.07 Å². The first-order valence-corrected chi connectivity index (χ1v) is 11.2. The fourth-order valence-electron chi connectivity index (χ4n) is 4.17. The zero-order chi connectivity index (χ0) is 23.5. The largest absolute Gasteiger partial charge is 0.463 e. The molecule has 1 aliphatic carbocycles. The van der Waals surface area contributed by atoms with E-state index in [9.17, 15) is 18.8 Å². The van der Waals surface area contributed by atoms with Crippen molar-refractivity contribution < 1.29 is 23.5 Å². The van der Waals surface area contributed by atoms with E-state index in [-0.39, 0.29) is 37.4 Å². The number of hydrogen-bond acceptors (Lipinski definition) is 4. The van der Waals surface area contributed by atoms with E-state index in [1.165, 1.54) is 12.1 Å². The van der Waals surface area contributed by atoms with Crippen molar-refractivity contribution in [2.45, 2.75) is 51.6 Å². The van der Waals surface area contributed by atoms with E-state index < -0.39 is 17.7 Å². The maximum atomic E-state index is 13.9. The molecule has 2 aliphatic rings. The third kappa shape index (κ3) is 5.13. The maximum absolute atomic E-state index is 13.9. The minimum atomic E-state index is -0.584. The molecule has 2 amide bonds. The molecule has 1 heterocycles. The van der Waals surface area contributed by atoms with Gasteiger partial charge in [-0.15, -0.1) is 0 Å². The molecule has 2 aromatic carbocycles. The molecule has 0 bridgehead atoms. The number of nitrogens with one attached hydrogen (secondary N) is 1. The normalized spacial score (nSPS) is 18.3. The molecular weight excluding hydrogens is 423 g/mol. The highest BCUT2D eigenvalue weighted by Crippen LogP contribution is 2.38. The van der Waals surface area contributed by atoms with Crippen LogP contribution < -0.4 is 5.32 Å². The fourth-order valence-corrected chi connectivity index (χ4v) is 4.17. The van der Waals surface area contributed by atoms with E-state index in [0.717, 1.165) is 18.4 Å². The van der Waals surface area contributed by atoms with E-state index in [1.54, 1.807) is 49.1 Å². The van der Waals surface area contributed by atoms with E-state index in [4.69, 9.17) is 4.74 Å². The summed E-state index contributed by atoms with van der Waals surface area (Å²) in [6, 6.07) is 13.3. The molecule has 33 heavy (non-hydrogen) atoms. The molecule has 0 aromatic heterocycles. The van der Waals surface area contributed by atoms with Crippen LogP contribution in [0.4, 0.5) is 4.39 Å². The van der Waals surface area contributed by atoms with Gasteiger partial charge in [-0.05, 0) is 62.1 Å². The van der Waals surface area contributed by atoms with E-state index in [2.05, 4.69) is 5.32 Å². The average Bonchev–Trinajstić information content (AvgIpc) is 3.60. The molecule has 0 spiro atoms. The number of rotatable bonds is 7. The number of carbonyl (C=O) groups is 3. The van der Waals surface area contributed by atoms with Gasteiger partial charge < -0.3 is 15.0 Å². The summed E-state index contributed by atoms with van der Waals surface area (Å²) < 4.78 is 19.2. The third-order valence-electron chi connectivity index (χ3n) is 6.01. The van der Waals surface area contributed by atoms with Crippen LogP contribution in [0.2, 0.25) is 0 Å². The molecule has 0 saturated heterocycles. The number of benzene rings is 2. The number of halogens is 1. The van der Waals surface area contributed by atoms with Crippen molar-refractivity contribution in [3.8, 4) is 0 Å². The summed E-state index contributed by atoms with van der Waals surface area (Å²) >= 11 is 0. The summed E-state index contributed by atoms with van der Waals surface area (Å²) in [7, 11) is 0. The third-order valence-corrected chi connectivity index (χ3v) is 6.01. The number of esters is 1. The number of hydrogen-bond donors (Lipinski definition) is 1. The number of nitrogens with zero attached hydrogens (tertiary/aromatic N) is 1. The molecule has 172 valence electrons. The number of amides is 2. The lowest BCUT2D eigenvalue weighted by Crippen LogP contribution is -2.38. The molecule has 1 atom stereocenters. The second kappa shape index (κ2) is 9.57. The van der Waals surface area contributed by atoms with E-state index in [0.29, 0.717) is 22.4 Å². The summed E-state index contributed by atoms with van der Waals surface area (Å²) in [6.07, 6.45) is 2.03. The molecule has 1 unspecified atom stereocenters. The monoisotopic (exact) mass is 450 g/mol. The highest BCUT2D eigenvalue weighted by atomic mass is 19.1. The van der Waals surface area contributed by atoms with Crippen molar-refractivity contribution >= 4 is 17.8 Å². The van der Waals surface area contributed by atoms with Gasteiger partial charge >= 0.3 is 5.97 Å². The van der Waals surface area contributed by atoms with Crippen LogP contribution in [0.1, 0.15) is 60.5 Å². The van der Waals surface area contributed by atoms with Crippen molar-refractivity contribution in [1.29, 1.82) is 0 Å². The van der Waals surface area contributed by atoms with Crippen LogP contribution in [0.15, 0.2) is 59.8 Å². The molecule has 1 fully saturated rings. The summed E-state index contributed by atoms with van der Waals surface area (Å²) in [6.45, 7) is 3.83. The molecule has 1 aliphatic heterocycles. The summed E-state index contributed by atoms with van der Waals surface area (Å²) in [5, 5.41) is 2.96. The molecular formula is C26H27FN2O4. The van der Waals surface area contributed by atoms with Crippen molar-refractivity contribution in [3.05, 3.63) is 82.3 Å². The Morgan fingerprint density at radius 3 is 2.61 bits per heavy atom. The van der Waals surface area contributed by atoms with Crippen molar-refractivity contribution in [2.75, 3.05) is 6.61 Å². The Bertz CT molecular complexity index is 1120. The van der Waals surface area contributed by atoms with Gasteiger partial charge in [-0.3, -0.25) is 9.59 Å². The molecule has 0 radical (unpaired) electrons. The lowest BCUT2D eigenvalue weighted by atomic mass is 9.83. The maximum Gasteiger partial charge on any atom is 0.336 e. The summed E-state index contributed by atoms with van der Waals surface area (Å²) in [5.74, 6) is -1.83. The topological polar surface area (TPSA) is 75.7 Å². The Morgan fingerprint density at radius 1 is 1.15 bits per heavy atom. The Labute approximate surface area is 192 Å². The molecule has 1 N–H and O–H groups in total. The lowest BCUT2D eigenvalue weighted by molar-refractivity contribution is -0.140. The predicted octanol–water partition coefficient (Wildman–Crippen LogP) is 4.07. The van der Waals surface area contributed by atoms with Gasteiger partial charge in [0.15, 0.2) is 0 Å². The number of ether oxygens (including phenoxy) is 1. The number of allylic oxidation sites excluding steroid dienone is 1. The first-order chi connectivity index (χ1) is 15.9. The number of carbonyl (C=O) groups excluding carboxylic acids is 3. The van der Waals surface area contributed by atoms with Gasteiger partial charge in [-0.1, -0.05) is 24.3 Å². The van der Waals surface area contributed by atoms with Crippen LogP contribution in [-0.4, -0.2) is 35.3 Å². The van der Waals surface area contributed by atoms with Crippen LogP contribution in [0.3, 0.4) is 0 Å². The zero-order valence-electron chi connectivity index (χ0n) is 18.8. The van der Waals surface area contributed by atoms with Crippen molar-refractivity contribution in [1.82, 2.24) is 10.2 Å². The predicted molar refractivity (Wildman–Crippen MR) is 121 cm³/mol. The van der Waals surface area contributed by atoms with Crippen molar-refractivity contribution in [2.24, 2.45) is 0 Å². The Balaban J connectivity index is 1.65. The SMILES string of the molecule is CCOC(=O)C1=C(C)N(Cc2cccc(C(=O)NC3CC3)c2)C(=O)CC1c1cccc(F)c1. The van der Waals surface area contributed by atoms with Crippen LogP contribution in [0.25, 0.3) is 0 Å². The molecule has 7 heteroatoms. The average molecular weight is 451 g/mol. The van der Waals surface area contributed by atoms with Crippen molar-refractivity contribution in [3.63, 3.8) is 0 Å². The van der Waals surface area contributed by atoms with Gasteiger partial charge in [-0.2, -0.15) is 0 Å². The minimum Gasteiger partial charge on any atom is -0.463 e. The van der Waals surface area contributed by atoms with Gasteiger partial charge in [0, 0.05) is 29.6 Å². The molecule has 4 rings (SSSR count). The van der Waals surface area contributed by atoms with Gasteiger partial charge in [0.05, 0.1) is 18.7 Å². The van der Waals surface area contributed by atoms with Gasteiger partial charge in [0.1, 0.15) is 5.82 Å². The Kier molecular flexibility index (Phi) is 6.58.